The molecule has 0 radical (unpaired) electrons. The Morgan fingerprint density at radius 1 is 1.45 bits per heavy atom. The van der Waals surface area contributed by atoms with E-state index in [2.05, 4.69) is 20.7 Å². The first-order valence-corrected chi connectivity index (χ1v) is 7.38. The predicted molar refractivity (Wildman–Crippen MR) is 81.9 cm³/mol. The maximum Gasteiger partial charge on any atom is 0.319 e. The summed E-state index contributed by atoms with van der Waals surface area (Å²) < 4.78 is 7.19. The number of pyridine rings is 1. The molecule has 3 heterocycles. The fourth-order valence-electron chi connectivity index (χ4n) is 2.53. The SMILES string of the molecule is C[C@@H](NC(=O)Nc1cccnc1-n1cccn1)[C@@H]1CCCO1. The second-order valence-corrected chi connectivity index (χ2v) is 5.26. The lowest BCUT2D eigenvalue weighted by atomic mass is 10.1. The molecule has 1 aliphatic rings. The average Bonchev–Trinajstić information content (AvgIpc) is 3.21. The number of rotatable bonds is 4. The zero-order chi connectivity index (χ0) is 15.4. The van der Waals surface area contributed by atoms with E-state index >= 15 is 0 Å². The van der Waals surface area contributed by atoms with Gasteiger partial charge in [0.05, 0.1) is 17.8 Å². The minimum Gasteiger partial charge on any atom is -0.376 e. The average molecular weight is 301 g/mol. The highest BCUT2D eigenvalue weighted by atomic mass is 16.5. The molecule has 1 saturated heterocycles. The number of anilines is 1. The van der Waals surface area contributed by atoms with Gasteiger partial charge in [0, 0.05) is 25.2 Å². The molecule has 1 fully saturated rings. The number of hydrogen-bond donors (Lipinski definition) is 2. The molecule has 2 amide bonds. The number of nitrogens with one attached hydrogen (secondary N) is 2. The Labute approximate surface area is 128 Å². The van der Waals surface area contributed by atoms with Gasteiger partial charge in [-0.15, -0.1) is 0 Å². The Bertz CT molecular complexity index is 623. The van der Waals surface area contributed by atoms with E-state index in [9.17, 15) is 4.79 Å². The molecule has 0 aliphatic carbocycles. The van der Waals surface area contributed by atoms with Gasteiger partial charge in [-0.05, 0) is 38.0 Å². The van der Waals surface area contributed by atoms with E-state index in [1.54, 1.807) is 41.5 Å². The molecule has 1 aliphatic heterocycles. The third-order valence-electron chi connectivity index (χ3n) is 3.64. The van der Waals surface area contributed by atoms with Gasteiger partial charge in [0.25, 0.3) is 0 Å². The van der Waals surface area contributed by atoms with Crippen LogP contribution in [0.1, 0.15) is 19.8 Å². The Kier molecular flexibility index (Phi) is 4.34. The van der Waals surface area contributed by atoms with Crippen molar-refractivity contribution >= 4 is 11.7 Å². The van der Waals surface area contributed by atoms with E-state index in [4.69, 9.17) is 4.74 Å². The van der Waals surface area contributed by atoms with Gasteiger partial charge in [-0.1, -0.05) is 0 Å². The molecule has 0 unspecified atom stereocenters. The monoisotopic (exact) mass is 301 g/mol. The largest absolute Gasteiger partial charge is 0.376 e. The highest BCUT2D eigenvalue weighted by Gasteiger charge is 2.23. The minimum atomic E-state index is -0.274. The summed E-state index contributed by atoms with van der Waals surface area (Å²) >= 11 is 0. The van der Waals surface area contributed by atoms with Crippen molar-refractivity contribution in [2.24, 2.45) is 0 Å². The first-order chi connectivity index (χ1) is 10.7. The van der Waals surface area contributed by atoms with Crippen LogP contribution in [-0.2, 0) is 4.74 Å². The lowest BCUT2D eigenvalue weighted by Crippen LogP contribution is -2.43. The first-order valence-electron chi connectivity index (χ1n) is 7.38. The number of carbonyl (C=O) groups excluding carboxylic acids is 1. The number of urea groups is 1. The van der Waals surface area contributed by atoms with Crippen LogP contribution in [0.3, 0.4) is 0 Å². The summed E-state index contributed by atoms with van der Waals surface area (Å²) in [6.45, 7) is 2.72. The number of ether oxygens (including phenoxy) is 1. The van der Waals surface area contributed by atoms with Crippen LogP contribution >= 0.6 is 0 Å². The van der Waals surface area contributed by atoms with Gasteiger partial charge in [0.15, 0.2) is 5.82 Å². The van der Waals surface area contributed by atoms with Gasteiger partial charge in [0.2, 0.25) is 0 Å². The molecule has 2 N–H and O–H groups in total. The standard InChI is InChI=1S/C15H19N5O2/c1-11(13-6-3-10-22-13)18-15(21)19-12-5-2-7-16-14(12)20-9-4-8-17-20/h2,4-5,7-9,11,13H,3,6,10H2,1H3,(H2,18,19,21)/t11-,13+/m1/s1. The van der Waals surface area contributed by atoms with Gasteiger partial charge in [-0.3, -0.25) is 0 Å². The summed E-state index contributed by atoms with van der Waals surface area (Å²) in [4.78, 5) is 16.4. The van der Waals surface area contributed by atoms with Crippen LogP contribution < -0.4 is 10.6 Å². The van der Waals surface area contributed by atoms with Crippen molar-refractivity contribution in [2.75, 3.05) is 11.9 Å². The number of amides is 2. The summed E-state index contributed by atoms with van der Waals surface area (Å²) in [5, 5.41) is 9.88. The maximum atomic E-state index is 12.2. The highest BCUT2D eigenvalue weighted by Crippen LogP contribution is 2.17. The van der Waals surface area contributed by atoms with Crippen LogP contribution in [0.25, 0.3) is 5.82 Å². The Balaban J connectivity index is 1.66. The second-order valence-electron chi connectivity index (χ2n) is 5.26. The molecule has 2 aromatic rings. The number of nitrogens with zero attached hydrogens (tertiary/aromatic N) is 3. The van der Waals surface area contributed by atoms with Crippen molar-refractivity contribution in [3.8, 4) is 5.82 Å². The quantitative estimate of drug-likeness (QED) is 0.904. The lowest BCUT2D eigenvalue weighted by molar-refractivity contribution is 0.0868. The van der Waals surface area contributed by atoms with Gasteiger partial charge in [0.1, 0.15) is 0 Å². The zero-order valence-electron chi connectivity index (χ0n) is 12.4. The molecule has 2 aromatic heterocycles. The van der Waals surface area contributed by atoms with Crippen molar-refractivity contribution in [1.29, 1.82) is 0 Å². The number of aromatic nitrogens is 3. The maximum absolute atomic E-state index is 12.2. The van der Waals surface area contributed by atoms with Crippen molar-refractivity contribution in [3.05, 3.63) is 36.8 Å². The zero-order valence-corrected chi connectivity index (χ0v) is 12.4. The second kappa shape index (κ2) is 6.57. The molecule has 3 rings (SSSR count). The van der Waals surface area contributed by atoms with Gasteiger partial charge in [-0.25, -0.2) is 14.5 Å². The third kappa shape index (κ3) is 3.25. The molecule has 0 saturated carbocycles. The summed E-state index contributed by atoms with van der Waals surface area (Å²) in [7, 11) is 0. The molecule has 2 atom stereocenters. The van der Waals surface area contributed by atoms with E-state index in [0.29, 0.717) is 11.5 Å². The topological polar surface area (TPSA) is 81.1 Å². The Morgan fingerprint density at radius 2 is 2.36 bits per heavy atom. The molecule has 7 nitrogen and oxygen atoms in total. The molecule has 7 heteroatoms. The molecule has 0 bridgehead atoms. The van der Waals surface area contributed by atoms with E-state index in [1.807, 2.05) is 6.92 Å². The molecular weight excluding hydrogens is 282 g/mol. The van der Waals surface area contributed by atoms with Crippen molar-refractivity contribution in [2.45, 2.75) is 31.9 Å². The van der Waals surface area contributed by atoms with Gasteiger partial charge < -0.3 is 15.4 Å². The highest BCUT2D eigenvalue weighted by molar-refractivity contribution is 5.91. The minimum absolute atomic E-state index is 0.0349. The molecule has 22 heavy (non-hydrogen) atoms. The molecule has 0 aromatic carbocycles. The van der Waals surface area contributed by atoms with E-state index < -0.39 is 0 Å². The van der Waals surface area contributed by atoms with Gasteiger partial charge in [-0.2, -0.15) is 5.10 Å². The van der Waals surface area contributed by atoms with Crippen molar-refractivity contribution in [1.82, 2.24) is 20.1 Å². The molecule has 0 spiro atoms. The van der Waals surface area contributed by atoms with Gasteiger partial charge >= 0.3 is 6.03 Å². The summed E-state index contributed by atoms with van der Waals surface area (Å²) in [5.74, 6) is 0.576. The first kappa shape index (κ1) is 14.5. The number of hydrogen-bond acceptors (Lipinski definition) is 4. The number of carbonyl (C=O) groups is 1. The van der Waals surface area contributed by atoms with Crippen LogP contribution in [0.15, 0.2) is 36.8 Å². The van der Waals surface area contributed by atoms with E-state index in [0.717, 1.165) is 19.4 Å². The summed E-state index contributed by atoms with van der Waals surface area (Å²) in [5.41, 5.74) is 0.600. The summed E-state index contributed by atoms with van der Waals surface area (Å²) in [6, 6.07) is 5.06. The fraction of sp³-hybridized carbons (Fsp3) is 0.400. The van der Waals surface area contributed by atoms with Crippen LogP contribution in [0.2, 0.25) is 0 Å². The van der Waals surface area contributed by atoms with Crippen LogP contribution in [0.4, 0.5) is 10.5 Å². The van der Waals surface area contributed by atoms with E-state index in [1.165, 1.54) is 0 Å². The normalized spacial score (nSPS) is 18.9. The lowest BCUT2D eigenvalue weighted by Gasteiger charge is -2.20. The third-order valence-corrected chi connectivity index (χ3v) is 3.64. The van der Waals surface area contributed by atoms with Crippen LogP contribution in [0, 0.1) is 0 Å². The van der Waals surface area contributed by atoms with Crippen LogP contribution in [-0.4, -0.2) is 39.5 Å². The Morgan fingerprint density at radius 3 is 3.09 bits per heavy atom. The fourth-order valence-corrected chi connectivity index (χ4v) is 2.53. The smallest absolute Gasteiger partial charge is 0.319 e. The molecule has 116 valence electrons. The Hall–Kier alpha value is -2.41. The van der Waals surface area contributed by atoms with E-state index in [-0.39, 0.29) is 18.2 Å². The summed E-state index contributed by atoms with van der Waals surface area (Å²) in [6.07, 6.45) is 7.22. The predicted octanol–water partition coefficient (Wildman–Crippen LogP) is 1.96. The molecular formula is C15H19N5O2. The van der Waals surface area contributed by atoms with Crippen molar-refractivity contribution < 1.29 is 9.53 Å². The van der Waals surface area contributed by atoms with Crippen molar-refractivity contribution in [3.63, 3.8) is 0 Å². The van der Waals surface area contributed by atoms with Crippen LogP contribution in [0.5, 0.6) is 0 Å².